The summed E-state index contributed by atoms with van der Waals surface area (Å²) >= 11 is 0. The Morgan fingerprint density at radius 2 is 2.23 bits per heavy atom. The Morgan fingerprint density at radius 3 is 2.85 bits per heavy atom. The molecule has 1 unspecified atom stereocenters. The van der Waals surface area contributed by atoms with Crippen LogP contribution in [0.4, 0.5) is 0 Å². The van der Waals surface area contributed by atoms with E-state index in [-0.39, 0.29) is 0 Å². The molecule has 0 aromatic rings. The molecule has 1 saturated heterocycles. The first kappa shape index (κ1) is 11.0. The molecular formula is C10H21NO2. The van der Waals surface area contributed by atoms with Crippen LogP contribution in [0.2, 0.25) is 0 Å². The van der Waals surface area contributed by atoms with Crippen LogP contribution in [-0.4, -0.2) is 39.0 Å². The van der Waals surface area contributed by atoms with Crippen molar-refractivity contribution in [2.45, 2.75) is 26.4 Å². The zero-order valence-corrected chi connectivity index (χ0v) is 8.71. The second-order valence-electron chi connectivity index (χ2n) is 3.95. The van der Waals surface area contributed by atoms with Crippen molar-refractivity contribution < 1.29 is 9.47 Å². The van der Waals surface area contributed by atoms with E-state index in [2.05, 4.69) is 19.2 Å². The highest BCUT2D eigenvalue weighted by atomic mass is 16.5. The minimum absolute atomic E-state index is 0.419. The Hall–Kier alpha value is -0.120. The van der Waals surface area contributed by atoms with Crippen molar-refractivity contribution in [3.05, 3.63) is 0 Å². The molecule has 0 aromatic carbocycles. The Morgan fingerprint density at radius 1 is 1.38 bits per heavy atom. The molecule has 78 valence electrons. The SMILES string of the molecule is CC(C)COCCOC1CCNC1. The predicted octanol–water partition coefficient (Wildman–Crippen LogP) is 1.04. The predicted molar refractivity (Wildman–Crippen MR) is 52.9 cm³/mol. The summed E-state index contributed by atoms with van der Waals surface area (Å²) in [5.74, 6) is 0.619. The van der Waals surface area contributed by atoms with E-state index in [0.29, 0.717) is 12.0 Å². The van der Waals surface area contributed by atoms with E-state index in [1.165, 1.54) is 0 Å². The van der Waals surface area contributed by atoms with Crippen LogP contribution in [-0.2, 0) is 9.47 Å². The number of rotatable bonds is 6. The minimum atomic E-state index is 0.419. The van der Waals surface area contributed by atoms with Crippen molar-refractivity contribution in [1.82, 2.24) is 5.32 Å². The lowest BCUT2D eigenvalue weighted by Crippen LogP contribution is -2.19. The average Bonchev–Trinajstić information content (AvgIpc) is 2.55. The molecule has 1 atom stereocenters. The van der Waals surface area contributed by atoms with Gasteiger partial charge >= 0.3 is 0 Å². The van der Waals surface area contributed by atoms with E-state index < -0.39 is 0 Å². The number of ether oxygens (including phenoxy) is 2. The summed E-state index contributed by atoms with van der Waals surface area (Å²) < 4.78 is 11.0. The van der Waals surface area contributed by atoms with Crippen LogP contribution in [0, 0.1) is 5.92 Å². The summed E-state index contributed by atoms with van der Waals surface area (Å²) in [5.41, 5.74) is 0. The molecule has 3 heteroatoms. The van der Waals surface area contributed by atoms with Gasteiger partial charge in [0, 0.05) is 13.2 Å². The van der Waals surface area contributed by atoms with E-state index in [0.717, 1.165) is 39.3 Å². The van der Waals surface area contributed by atoms with Gasteiger partial charge in [0.25, 0.3) is 0 Å². The maximum absolute atomic E-state index is 5.60. The molecule has 1 fully saturated rings. The maximum atomic E-state index is 5.60. The van der Waals surface area contributed by atoms with Crippen molar-refractivity contribution in [3.63, 3.8) is 0 Å². The fourth-order valence-corrected chi connectivity index (χ4v) is 1.36. The second-order valence-corrected chi connectivity index (χ2v) is 3.95. The summed E-state index contributed by atoms with van der Waals surface area (Å²) in [5, 5.41) is 3.27. The molecule has 0 saturated carbocycles. The molecule has 1 N–H and O–H groups in total. The monoisotopic (exact) mass is 187 g/mol. The highest BCUT2D eigenvalue weighted by Gasteiger charge is 2.13. The first-order valence-electron chi connectivity index (χ1n) is 5.19. The van der Waals surface area contributed by atoms with Crippen LogP contribution < -0.4 is 5.32 Å². The van der Waals surface area contributed by atoms with E-state index in [4.69, 9.17) is 9.47 Å². The molecule has 0 spiro atoms. The molecule has 0 bridgehead atoms. The maximum Gasteiger partial charge on any atom is 0.0712 e. The Kier molecular flexibility index (Phi) is 5.35. The molecule has 0 amide bonds. The Bertz CT molecular complexity index is 122. The molecular weight excluding hydrogens is 166 g/mol. The van der Waals surface area contributed by atoms with E-state index >= 15 is 0 Å². The summed E-state index contributed by atoms with van der Waals surface area (Å²) in [7, 11) is 0. The van der Waals surface area contributed by atoms with Crippen LogP contribution in [0.1, 0.15) is 20.3 Å². The van der Waals surface area contributed by atoms with Gasteiger partial charge in [-0.1, -0.05) is 13.8 Å². The van der Waals surface area contributed by atoms with Crippen molar-refractivity contribution in [3.8, 4) is 0 Å². The van der Waals surface area contributed by atoms with Crippen LogP contribution in [0.5, 0.6) is 0 Å². The third-order valence-electron chi connectivity index (χ3n) is 2.05. The highest BCUT2D eigenvalue weighted by Crippen LogP contribution is 2.02. The van der Waals surface area contributed by atoms with Crippen molar-refractivity contribution in [2.75, 3.05) is 32.9 Å². The van der Waals surface area contributed by atoms with Gasteiger partial charge in [-0.25, -0.2) is 0 Å². The molecule has 1 rings (SSSR count). The van der Waals surface area contributed by atoms with Crippen molar-refractivity contribution in [2.24, 2.45) is 5.92 Å². The van der Waals surface area contributed by atoms with Gasteiger partial charge in [-0.3, -0.25) is 0 Å². The zero-order chi connectivity index (χ0) is 9.52. The van der Waals surface area contributed by atoms with Gasteiger partial charge < -0.3 is 14.8 Å². The number of hydrogen-bond donors (Lipinski definition) is 1. The molecule has 0 aliphatic carbocycles. The highest BCUT2D eigenvalue weighted by molar-refractivity contribution is 4.70. The zero-order valence-electron chi connectivity index (χ0n) is 8.71. The van der Waals surface area contributed by atoms with Crippen LogP contribution in [0.3, 0.4) is 0 Å². The first-order valence-corrected chi connectivity index (χ1v) is 5.19. The number of nitrogens with one attached hydrogen (secondary N) is 1. The number of hydrogen-bond acceptors (Lipinski definition) is 3. The van der Waals surface area contributed by atoms with Gasteiger partial charge in [0.05, 0.1) is 19.3 Å². The van der Waals surface area contributed by atoms with Gasteiger partial charge in [0.15, 0.2) is 0 Å². The van der Waals surface area contributed by atoms with Crippen molar-refractivity contribution in [1.29, 1.82) is 0 Å². The molecule has 13 heavy (non-hydrogen) atoms. The van der Waals surface area contributed by atoms with Crippen LogP contribution in [0.15, 0.2) is 0 Å². The lowest BCUT2D eigenvalue weighted by molar-refractivity contribution is 0.00696. The minimum Gasteiger partial charge on any atom is -0.379 e. The second kappa shape index (κ2) is 6.35. The van der Waals surface area contributed by atoms with Crippen LogP contribution >= 0.6 is 0 Å². The van der Waals surface area contributed by atoms with Gasteiger partial charge in [0.1, 0.15) is 0 Å². The average molecular weight is 187 g/mol. The first-order chi connectivity index (χ1) is 6.29. The molecule has 1 aliphatic heterocycles. The normalized spacial score (nSPS) is 22.8. The quantitative estimate of drug-likeness (QED) is 0.630. The summed E-state index contributed by atoms with van der Waals surface area (Å²) in [6, 6.07) is 0. The molecule has 0 radical (unpaired) electrons. The van der Waals surface area contributed by atoms with E-state index in [1.54, 1.807) is 0 Å². The Balaban J connectivity index is 1.83. The third kappa shape index (κ3) is 5.24. The van der Waals surface area contributed by atoms with Gasteiger partial charge in [0.2, 0.25) is 0 Å². The fraction of sp³-hybridized carbons (Fsp3) is 1.00. The smallest absolute Gasteiger partial charge is 0.0712 e. The topological polar surface area (TPSA) is 30.5 Å². The molecule has 1 aliphatic rings. The van der Waals surface area contributed by atoms with Gasteiger partial charge in [-0.05, 0) is 18.9 Å². The molecule has 0 aromatic heterocycles. The lowest BCUT2D eigenvalue weighted by Gasteiger charge is -2.11. The van der Waals surface area contributed by atoms with Crippen LogP contribution in [0.25, 0.3) is 0 Å². The summed E-state index contributed by atoms with van der Waals surface area (Å²) in [4.78, 5) is 0. The van der Waals surface area contributed by atoms with Gasteiger partial charge in [-0.15, -0.1) is 0 Å². The van der Waals surface area contributed by atoms with Gasteiger partial charge in [-0.2, -0.15) is 0 Å². The standard InChI is InChI=1S/C10H21NO2/c1-9(2)8-12-5-6-13-10-3-4-11-7-10/h9-11H,3-8H2,1-2H3. The van der Waals surface area contributed by atoms with E-state index in [9.17, 15) is 0 Å². The molecule has 1 heterocycles. The third-order valence-corrected chi connectivity index (χ3v) is 2.05. The van der Waals surface area contributed by atoms with Crippen molar-refractivity contribution >= 4 is 0 Å². The van der Waals surface area contributed by atoms with E-state index in [1.807, 2.05) is 0 Å². The summed E-state index contributed by atoms with van der Waals surface area (Å²) in [6.45, 7) is 8.71. The largest absolute Gasteiger partial charge is 0.379 e. The summed E-state index contributed by atoms with van der Waals surface area (Å²) in [6.07, 6.45) is 1.56. The Labute approximate surface area is 80.8 Å². The fourth-order valence-electron chi connectivity index (χ4n) is 1.36. The lowest BCUT2D eigenvalue weighted by atomic mass is 10.2. The molecule has 3 nitrogen and oxygen atoms in total.